The number of anilines is 1. The fraction of sp³-hybridized carbons (Fsp3) is 0.111. The van der Waals surface area contributed by atoms with Crippen molar-refractivity contribution >= 4 is 26.7 Å². The van der Waals surface area contributed by atoms with E-state index in [9.17, 15) is 21.6 Å². The average Bonchev–Trinajstić information content (AvgIpc) is 3.64. The highest BCUT2D eigenvalue weighted by molar-refractivity contribution is 7.93. The molecule has 0 saturated heterocycles. The van der Waals surface area contributed by atoms with Gasteiger partial charge in [-0.25, -0.2) is 26.6 Å². The van der Waals surface area contributed by atoms with Gasteiger partial charge in [-0.2, -0.15) is 0 Å². The van der Waals surface area contributed by atoms with Crippen LogP contribution < -0.4 is 4.72 Å². The van der Waals surface area contributed by atoms with Crippen molar-refractivity contribution in [1.29, 1.82) is 0 Å². The number of hydrogen-bond donors (Lipinski definition) is 1. The maximum Gasteiger partial charge on any atom is 0.235 e. The molecule has 6 nitrogen and oxygen atoms in total. The minimum atomic E-state index is -3.59. The number of nitrogens with one attached hydrogen (secondary N) is 1. The van der Waals surface area contributed by atoms with Gasteiger partial charge in [0.25, 0.3) is 0 Å². The molecule has 10 heteroatoms. The summed E-state index contributed by atoms with van der Waals surface area (Å²) in [6.07, 6.45) is 3.89. The Morgan fingerprint density at radius 1 is 0.838 bits per heavy atom. The van der Waals surface area contributed by atoms with Gasteiger partial charge in [0.15, 0.2) is 0 Å². The molecule has 6 rings (SSSR count). The third-order valence-electron chi connectivity index (χ3n) is 6.23. The summed E-state index contributed by atoms with van der Waals surface area (Å²) in [5.74, 6) is -1.90. The van der Waals surface area contributed by atoms with E-state index >= 15 is 0 Å². The first-order valence-electron chi connectivity index (χ1n) is 11.5. The molecule has 37 heavy (non-hydrogen) atoms. The van der Waals surface area contributed by atoms with Crippen LogP contribution in [0, 0.1) is 17.5 Å². The topological polar surface area (TPSA) is 76.9 Å². The zero-order valence-corrected chi connectivity index (χ0v) is 20.0. The van der Waals surface area contributed by atoms with Crippen molar-refractivity contribution in [2.24, 2.45) is 0 Å². The van der Waals surface area contributed by atoms with E-state index in [2.05, 4.69) is 14.7 Å². The highest BCUT2D eigenvalue weighted by atomic mass is 32.2. The quantitative estimate of drug-likeness (QED) is 0.295. The van der Waals surface area contributed by atoms with Gasteiger partial charge >= 0.3 is 0 Å². The lowest BCUT2D eigenvalue weighted by Gasteiger charge is -2.14. The first kappa shape index (κ1) is 23.2. The molecule has 1 saturated carbocycles. The molecule has 0 spiro atoms. The SMILES string of the molecule is O=S(=O)(Nc1cc(-c2ccc(F)cc2F)cc(-n2cnc3cc(-c4ccc(F)cn4)ccc32)c1)C1CC1. The van der Waals surface area contributed by atoms with Crippen molar-refractivity contribution in [3.63, 3.8) is 0 Å². The summed E-state index contributed by atoms with van der Waals surface area (Å²) in [4.78, 5) is 8.58. The lowest BCUT2D eigenvalue weighted by Crippen LogP contribution is -2.17. The molecule has 1 fully saturated rings. The van der Waals surface area contributed by atoms with E-state index in [0.717, 1.165) is 23.9 Å². The van der Waals surface area contributed by atoms with E-state index in [4.69, 9.17) is 0 Å². The van der Waals surface area contributed by atoms with Crippen molar-refractivity contribution in [3.8, 4) is 28.1 Å². The highest BCUT2D eigenvalue weighted by Crippen LogP contribution is 2.34. The lowest BCUT2D eigenvalue weighted by atomic mass is 10.0. The zero-order chi connectivity index (χ0) is 25.7. The van der Waals surface area contributed by atoms with E-state index in [1.165, 1.54) is 18.2 Å². The van der Waals surface area contributed by atoms with Gasteiger partial charge < -0.3 is 0 Å². The van der Waals surface area contributed by atoms with E-state index < -0.39 is 32.7 Å². The Bertz CT molecular complexity index is 1770. The van der Waals surface area contributed by atoms with Crippen LogP contribution in [0.25, 0.3) is 39.1 Å². The van der Waals surface area contributed by atoms with Crippen LogP contribution in [-0.4, -0.2) is 28.2 Å². The fourth-order valence-electron chi connectivity index (χ4n) is 4.24. The summed E-state index contributed by atoms with van der Waals surface area (Å²) in [6.45, 7) is 0. The average molecular weight is 521 g/mol. The van der Waals surface area contributed by atoms with Crippen LogP contribution in [0.2, 0.25) is 0 Å². The fourth-order valence-corrected chi connectivity index (χ4v) is 5.61. The van der Waals surface area contributed by atoms with Crippen molar-refractivity contribution in [2.45, 2.75) is 18.1 Å². The van der Waals surface area contributed by atoms with Crippen LogP contribution in [0.15, 0.2) is 79.3 Å². The summed E-state index contributed by atoms with van der Waals surface area (Å²) >= 11 is 0. The number of halogens is 3. The molecule has 0 unspecified atom stereocenters. The Labute approximate surface area is 210 Å². The van der Waals surface area contributed by atoms with E-state index in [0.29, 0.717) is 40.8 Å². The van der Waals surface area contributed by atoms with Gasteiger partial charge in [-0.05, 0) is 73.0 Å². The molecule has 1 N–H and O–H groups in total. The molecule has 0 aliphatic heterocycles. The number of pyridine rings is 1. The maximum absolute atomic E-state index is 14.7. The standard InChI is InChI=1S/C27H19F3N4O2S/c28-18-2-6-23(24(30)12-18)17-9-20(33-37(35,36)22-4-5-22)13-21(10-17)34-15-32-26-11-16(1-8-27(26)34)25-7-3-19(29)14-31-25/h1-3,6-15,22,33H,4-5H2. The van der Waals surface area contributed by atoms with Gasteiger partial charge in [-0.1, -0.05) is 6.07 Å². The van der Waals surface area contributed by atoms with Gasteiger partial charge in [0.2, 0.25) is 10.0 Å². The van der Waals surface area contributed by atoms with Crippen LogP contribution in [0.4, 0.5) is 18.9 Å². The van der Waals surface area contributed by atoms with E-state index in [1.807, 2.05) is 18.2 Å². The van der Waals surface area contributed by atoms with Crippen molar-refractivity contribution in [3.05, 3.63) is 96.7 Å². The number of fused-ring (bicyclic) bond motifs is 1. The molecule has 1 aliphatic carbocycles. The minimum Gasteiger partial charge on any atom is -0.299 e. The molecule has 0 bridgehead atoms. The smallest absolute Gasteiger partial charge is 0.235 e. The summed E-state index contributed by atoms with van der Waals surface area (Å²) in [6, 6.07) is 16.5. The van der Waals surface area contributed by atoms with Gasteiger partial charge in [-0.15, -0.1) is 0 Å². The molecule has 2 heterocycles. The van der Waals surface area contributed by atoms with Crippen LogP contribution >= 0.6 is 0 Å². The number of rotatable bonds is 6. The van der Waals surface area contributed by atoms with Crippen molar-refractivity contribution in [2.75, 3.05) is 4.72 Å². The molecule has 2 aromatic heterocycles. The summed E-state index contributed by atoms with van der Waals surface area (Å²) in [5, 5.41) is -0.449. The van der Waals surface area contributed by atoms with Crippen LogP contribution in [0.3, 0.4) is 0 Å². The van der Waals surface area contributed by atoms with Crippen LogP contribution in [-0.2, 0) is 10.0 Å². The second kappa shape index (κ2) is 8.74. The molecular formula is C27H19F3N4O2S. The first-order valence-corrected chi connectivity index (χ1v) is 13.0. The lowest BCUT2D eigenvalue weighted by molar-refractivity contribution is 0.585. The monoisotopic (exact) mass is 520 g/mol. The molecule has 1 aliphatic rings. The van der Waals surface area contributed by atoms with Gasteiger partial charge in [0, 0.05) is 22.9 Å². The Hall–Kier alpha value is -4.18. The number of imidazole rings is 1. The number of hydrogen-bond acceptors (Lipinski definition) is 4. The number of aromatic nitrogens is 3. The predicted octanol–water partition coefficient (Wildman–Crippen LogP) is 6.08. The predicted molar refractivity (Wildman–Crippen MR) is 135 cm³/mol. The molecule has 0 amide bonds. The van der Waals surface area contributed by atoms with E-state index in [1.54, 1.807) is 29.1 Å². The Kier molecular flexibility index (Phi) is 5.49. The van der Waals surface area contributed by atoms with Crippen LogP contribution in [0.1, 0.15) is 12.8 Å². The number of sulfonamides is 1. The summed E-state index contributed by atoms with van der Waals surface area (Å²) < 4.78 is 71.1. The zero-order valence-electron chi connectivity index (χ0n) is 19.2. The molecule has 3 aromatic carbocycles. The maximum atomic E-state index is 14.7. The minimum absolute atomic E-state index is 0.129. The van der Waals surface area contributed by atoms with Gasteiger partial charge in [0.1, 0.15) is 23.8 Å². The van der Waals surface area contributed by atoms with Gasteiger partial charge in [0.05, 0.1) is 33.9 Å². The molecule has 186 valence electrons. The molecular weight excluding hydrogens is 501 g/mol. The molecule has 0 atom stereocenters. The Morgan fingerprint density at radius 3 is 2.38 bits per heavy atom. The second-order valence-electron chi connectivity index (χ2n) is 8.92. The van der Waals surface area contributed by atoms with Gasteiger partial charge in [-0.3, -0.25) is 14.3 Å². The highest BCUT2D eigenvalue weighted by Gasteiger charge is 2.35. The van der Waals surface area contributed by atoms with Crippen molar-refractivity contribution in [1.82, 2.24) is 14.5 Å². The first-order chi connectivity index (χ1) is 17.8. The molecule has 0 radical (unpaired) electrons. The molecule has 5 aromatic rings. The summed E-state index contributed by atoms with van der Waals surface area (Å²) in [7, 11) is -3.59. The third-order valence-corrected chi connectivity index (χ3v) is 8.10. The number of nitrogens with zero attached hydrogens (tertiary/aromatic N) is 3. The summed E-state index contributed by atoms with van der Waals surface area (Å²) in [5.41, 5.74) is 3.96. The van der Waals surface area contributed by atoms with Crippen LogP contribution in [0.5, 0.6) is 0 Å². The van der Waals surface area contributed by atoms with E-state index in [-0.39, 0.29) is 11.3 Å². The Morgan fingerprint density at radius 2 is 1.65 bits per heavy atom. The normalized spacial score (nSPS) is 13.7. The second-order valence-corrected chi connectivity index (χ2v) is 10.9. The van der Waals surface area contributed by atoms with Crippen molar-refractivity contribution < 1.29 is 21.6 Å². The Balaban J connectivity index is 1.46. The third kappa shape index (κ3) is 4.55. The largest absolute Gasteiger partial charge is 0.299 e. The number of benzene rings is 3.